The molecule has 0 radical (unpaired) electrons. The molecule has 1 amide bonds. The molecular formula is C13H17NO5S. The summed E-state index contributed by atoms with van der Waals surface area (Å²) in [5.74, 6) is -1.39. The Hall–Kier alpha value is -1.44. The first-order chi connectivity index (χ1) is 9.54. The Kier molecular flexibility index (Phi) is 4.74. The van der Waals surface area contributed by atoms with E-state index in [9.17, 15) is 14.7 Å². The molecule has 0 aliphatic carbocycles. The third-order valence-corrected chi connectivity index (χ3v) is 4.18. The summed E-state index contributed by atoms with van der Waals surface area (Å²) in [5.41, 5.74) is 0.943. The molecule has 2 N–H and O–H groups in total. The highest BCUT2D eigenvalue weighted by molar-refractivity contribution is 7.16. The average molecular weight is 299 g/mol. The van der Waals surface area contributed by atoms with Crippen LogP contribution in [-0.4, -0.2) is 42.9 Å². The van der Waals surface area contributed by atoms with Gasteiger partial charge in [0.2, 0.25) is 0 Å². The van der Waals surface area contributed by atoms with E-state index in [0.717, 1.165) is 10.4 Å². The van der Waals surface area contributed by atoms with Crippen molar-refractivity contribution in [2.45, 2.75) is 26.4 Å². The van der Waals surface area contributed by atoms with Gasteiger partial charge in [0.25, 0.3) is 5.91 Å². The molecule has 0 bridgehead atoms. The third-order valence-electron chi connectivity index (χ3n) is 3.12. The number of ether oxygens (including phenoxy) is 2. The maximum absolute atomic E-state index is 12.0. The van der Waals surface area contributed by atoms with E-state index in [1.165, 1.54) is 11.3 Å². The minimum atomic E-state index is -1.03. The Bertz CT molecular complexity index is 519. The van der Waals surface area contributed by atoms with Crippen molar-refractivity contribution < 1.29 is 24.2 Å². The molecule has 2 rings (SSSR count). The number of nitrogens with one attached hydrogen (secondary N) is 1. The van der Waals surface area contributed by atoms with Gasteiger partial charge in [-0.2, -0.15) is 0 Å². The minimum Gasteiger partial charge on any atom is -0.478 e. The normalized spacial score (nSPS) is 18.8. The van der Waals surface area contributed by atoms with E-state index in [0.29, 0.717) is 24.6 Å². The van der Waals surface area contributed by atoms with Gasteiger partial charge in [-0.1, -0.05) is 6.92 Å². The fraction of sp³-hybridized carbons (Fsp3) is 0.538. The summed E-state index contributed by atoms with van der Waals surface area (Å²) in [4.78, 5) is 24.3. The number of carbonyl (C=O) groups excluding carboxylic acids is 1. The SMILES string of the molecule is CCc1c(C)sc(NC(=O)C2COCCO2)c1C(=O)O. The predicted molar refractivity (Wildman–Crippen MR) is 74.6 cm³/mol. The number of carboxylic acids is 1. The van der Waals surface area contributed by atoms with Crippen molar-refractivity contribution in [3.05, 3.63) is 16.0 Å². The lowest BCUT2D eigenvalue weighted by molar-refractivity contribution is -0.142. The number of thiophene rings is 1. The largest absolute Gasteiger partial charge is 0.478 e. The quantitative estimate of drug-likeness (QED) is 0.883. The lowest BCUT2D eigenvalue weighted by Gasteiger charge is -2.21. The molecule has 1 aliphatic heterocycles. The van der Waals surface area contributed by atoms with E-state index in [1.807, 2.05) is 13.8 Å². The molecule has 0 saturated carbocycles. The summed E-state index contributed by atoms with van der Waals surface area (Å²) in [5, 5.41) is 12.3. The van der Waals surface area contributed by atoms with Gasteiger partial charge in [0, 0.05) is 4.88 Å². The van der Waals surface area contributed by atoms with Crippen LogP contribution in [-0.2, 0) is 20.7 Å². The van der Waals surface area contributed by atoms with Gasteiger partial charge in [-0.3, -0.25) is 4.79 Å². The van der Waals surface area contributed by atoms with Crippen LogP contribution in [0.3, 0.4) is 0 Å². The standard InChI is InChI=1S/C13H17NO5S/c1-3-8-7(2)20-12(10(8)13(16)17)14-11(15)9-6-18-4-5-19-9/h9H,3-6H2,1-2H3,(H,14,15)(H,16,17). The second-order valence-electron chi connectivity index (χ2n) is 4.42. The summed E-state index contributed by atoms with van der Waals surface area (Å²) >= 11 is 1.28. The Morgan fingerprint density at radius 1 is 1.45 bits per heavy atom. The highest BCUT2D eigenvalue weighted by atomic mass is 32.1. The van der Waals surface area contributed by atoms with E-state index in [1.54, 1.807) is 0 Å². The minimum absolute atomic E-state index is 0.181. The van der Waals surface area contributed by atoms with Crippen molar-refractivity contribution in [3.8, 4) is 0 Å². The second-order valence-corrected chi connectivity index (χ2v) is 5.65. The number of aryl methyl sites for hydroxylation is 1. The molecule has 1 saturated heterocycles. The maximum Gasteiger partial charge on any atom is 0.339 e. The van der Waals surface area contributed by atoms with Gasteiger partial charge >= 0.3 is 5.97 Å². The zero-order valence-electron chi connectivity index (χ0n) is 11.4. The topological polar surface area (TPSA) is 84.9 Å². The number of hydrogen-bond donors (Lipinski definition) is 2. The molecule has 0 spiro atoms. The number of carbonyl (C=O) groups is 2. The predicted octanol–water partition coefficient (Wildman–Crippen LogP) is 1.67. The molecule has 1 aliphatic rings. The molecular weight excluding hydrogens is 282 g/mol. The van der Waals surface area contributed by atoms with Gasteiger partial charge < -0.3 is 19.9 Å². The molecule has 1 aromatic heterocycles. The van der Waals surface area contributed by atoms with Crippen LogP contribution in [0.25, 0.3) is 0 Å². The van der Waals surface area contributed by atoms with Gasteiger partial charge in [-0.25, -0.2) is 4.79 Å². The van der Waals surface area contributed by atoms with E-state index in [2.05, 4.69) is 5.32 Å². The summed E-state index contributed by atoms with van der Waals surface area (Å²) in [7, 11) is 0. The Morgan fingerprint density at radius 2 is 2.20 bits per heavy atom. The van der Waals surface area contributed by atoms with Gasteiger partial charge in [0.15, 0.2) is 6.10 Å². The summed E-state index contributed by atoms with van der Waals surface area (Å²) < 4.78 is 10.5. The Balaban J connectivity index is 2.20. The van der Waals surface area contributed by atoms with Crippen LogP contribution in [0.1, 0.15) is 27.7 Å². The fourth-order valence-corrected chi connectivity index (χ4v) is 3.29. The van der Waals surface area contributed by atoms with Crippen molar-refractivity contribution in [3.63, 3.8) is 0 Å². The van der Waals surface area contributed by atoms with Crippen molar-refractivity contribution in [2.24, 2.45) is 0 Å². The lowest BCUT2D eigenvalue weighted by Crippen LogP contribution is -2.39. The monoisotopic (exact) mass is 299 g/mol. The van der Waals surface area contributed by atoms with Gasteiger partial charge in [0.1, 0.15) is 5.00 Å². The summed E-state index contributed by atoms with van der Waals surface area (Å²) in [6, 6.07) is 0. The maximum atomic E-state index is 12.0. The molecule has 1 unspecified atom stereocenters. The van der Waals surface area contributed by atoms with Crippen LogP contribution in [0.5, 0.6) is 0 Å². The molecule has 110 valence electrons. The van der Waals surface area contributed by atoms with E-state index >= 15 is 0 Å². The van der Waals surface area contributed by atoms with Crippen LogP contribution in [0.15, 0.2) is 0 Å². The first kappa shape index (κ1) is 15.0. The highest BCUT2D eigenvalue weighted by Gasteiger charge is 2.27. The Labute approximate surface area is 120 Å². The van der Waals surface area contributed by atoms with Crippen LogP contribution in [0.2, 0.25) is 0 Å². The molecule has 1 atom stereocenters. The van der Waals surface area contributed by atoms with Crippen molar-refractivity contribution in [2.75, 3.05) is 25.1 Å². The van der Waals surface area contributed by atoms with E-state index in [4.69, 9.17) is 9.47 Å². The second kappa shape index (κ2) is 6.34. The third kappa shape index (κ3) is 3.00. The zero-order valence-corrected chi connectivity index (χ0v) is 12.2. The van der Waals surface area contributed by atoms with Crippen LogP contribution in [0.4, 0.5) is 5.00 Å². The van der Waals surface area contributed by atoms with Gasteiger partial charge in [0.05, 0.1) is 25.4 Å². The fourth-order valence-electron chi connectivity index (χ4n) is 2.15. The Morgan fingerprint density at radius 3 is 2.75 bits per heavy atom. The molecule has 7 heteroatoms. The zero-order chi connectivity index (χ0) is 14.7. The van der Waals surface area contributed by atoms with E-state index in [-0.39, 0.29) is 18.1 Å². The number of hydrogen-bond acceptors (Lipinski definition) is 5. The van der Waals surface area contributed by atoms with Crippen LogP contribution < -0.4 is 5.32 Å². The average Bonchev–Trinajstić information content (AvgIpc) is 2.75. The van der Waals surface area contributed by atoms with Gasteiger partial charge in [-0.05, 0) is 18.9 Å². The number of rotatable bonds is 4. The van der Waals surface area contributed by atoms with E-state index < -0.39 is 12.1 Å². The smallest absolute Gasteiger partial charge is 0.339 e. The van der Waals surface area contributed by atoms with Gasteiger partial charge in [-0.15, -0.1) is 11.3 Å². The van der Waals surface area contributed by atoms with Crippen LogP contribution >= 0.6 is 11.3 Å². The molecule has 1 fully saturated rings. The highest BCUT2D eigenvalue weighted by Crippen LogP contribution is 2.33. The molecule has 2 heterocycles. The molecule has 1 aromatic rings. The summed E-state index contributed by atoms with van der Waals surface area (Å²) in [6.45, 7) is 4.78. The van der Waals surface area contributed by atoms with Crippen LogP contribution in [0, 0.1) is 6.92 Å². The first-order valence-electron chi connectivity index (χ1n) is 6.40. The van der Waals surface area contributed by atoms with Crippen molar-refractivity contribution in [1.82, 2.24) is 0 Å². The molecule has 6 nitrogen and oxygen atoms in total. The number of aromatic carboxylic acids is 1. The lowest BCUT2D eigenvalue weighted by atomic mass is 10.1. The molecule has 20 heavy (non-hydrogen) atoms. The van der Waals surface area contributed by atoms with Crippen molar-refractivity contribution in [1.29, 1.82) is 0 Å². The number of anilines is 1. The number of amides is 1. The molecule has 0 aromatic carbocycles. The first-order valence-corrected chi connectivity index (χ1v) is 7.22. The number of carboxylic acid groups (broad SMARTS) is 1. The van der Waals surface area contributed by atoms with Crippen molar-refractivity contribution >= 4 is 28.2 Å². The summed E-state index contributed by atoms with van der Waals surface area (Å²) in [6.07, 6.45) is -0.0686.